The highest BCUT2D eigenvalue weighted by molar-refractivity contribution is 9.10. The predicted molar refractivity (Wildman–Crippen MR) is 103 cm³/mol. The van der Waals surface area contributed by atoms with Gasteiger partial charge in [0.05, 0.1) is 6.54 Å². The first-order valence-electron chi connectivity index (χ1n) is 7.24. The molecule has 0 aliphatic rings. The first-order valence-corrected chi connectivity index (χ1v) is 9.79. The molecule has 0 bridgehead atoms. The van der Waals surface area contributed by atoms with Crippen molar-refractivity contribution >= 4 is 50.1 Å². The van der Waals surface area contributed by atoms with Crippen LogP contribution in [-0.4, -0.2) is 21.7 Å². The Balaban J connectivity index is 1.50. The first-order chi connectivity index (χ1) is 11.7. The van der Waals surface area contributed by atoms with Crippen LogP contribution in [0.25, 0.3) is 0 Å². The smallest absolute Gasteiger partial charge is 0.203 e. The van der Waals surface area contributed by atoms with Crippen molar-refractivity contribution in [3.63, 3.8) is 0 Å². The van der Waals surface area contributed by atoms with Gasteiger partial charge in [-0.1, -0.05) is 70.2 Å². The van der Waals surface area contributed by atoms with Crippen molar-refractivity contribution in [1.29, 1.82) is 0 Å². The highest BCUT2D eigenvalue weighted by Gasteiger charge is 2.09. The second-order valence-electron chi connectivity index (χ2n) is 4.94. The molecule has 0 aliphatic heterocycles. The zero-order valence-electron chi connectivity index (χ0n) is 12.6. The van der Waals surface area contributed by atoms with E-state index in [9.17, 15) is 4.79 Å². The summed E-state index contributed by atoms with van der Waals surface area (Å²) in [6, 6.07) is 17.5. The Morgan fingerprint density at radius 1 is 1.12 bits per heavy atom. The van der Waals surface area contributed by atoms with Crippen molar-refractivity contribution in [3.05, 3.63) is 70.2 Å². The molecule has 0 saturated carbocycles. The van der Waals surface area contributed by atoms with Crippen LogP contribution in [0.3, 0.4) is 0 Å². The minimum absolute atomic E-state index is 0.0242. The second-order valence-corrected chi connectivity index (χ2v) is 7.55. The fourth-order valence-corrected chi connectivity index (χ4v) is 3.71. The molecule has 0 aliphatic carbocycles. The Kier molecular flexibility index (Phi) is 6.01. The Bertz CT molecular complexity index is 806. The van der Waals surface area contributed by atoms with E-state index in [1.807, 2.05) is 30.3 Å². The maximum absolute atomic E-state index is 12.1. The fourth-order valence-electron chi connectivity index (χ4n) is 1.96. The number of ketones is 1. The van der Waals surface area contributed by atoms with Gasteiger partial charge < -0.3 is 5.32 Å². The van der Waals surface area contributed by atoms with Gasteiger partial charge in [0, 0.05) is 27.3 Å². The molecule has 0 atom stereocenters. The number of nitrogens with one attached hydrogen (secondary N) is 1. The number of halogens is 1. The summed E-state index contributed by atoms with van der Waals surface area (Å²) in [6.45, 7) is 0.208. The van der Waals surface area contributed by atoms with E-state index in [2.05, 4.69) is 42.7 Å². The van der Waals surface area contributed by atoms with Gasteiger partial charge in [-0.15, -0.1) is 0 Å². The molecule has 1 heterocycles. The van der Waals surface area contributed by atoms with Crippen molar-refractivity contribution in [2.45, 2.75) is 10.9 Å². The van der Waals surface area contributed by atoms with Crippen LogP contribution in [0.2, 0.25) is 0 Å². The highest BCUT2D eigenvalue weighted by atomic mass is 79.9. The van der Waals surface area contributed by atoms with Crippen LogP contribution in [0.4, 0.5) is 5.13 Å². The Morgan fingerprint density at radius 3 is 2.62 bits per heavy atom. The molecule has 0 spiro atoms. The Hall–Kier alpha value is -1.70. The van der Waals surface area contributed by atoms with E-state index in [1.165, 1.54) is 17.1 Å². The zero-order valence-corrected chi connectivity index (χ0v) is 15.8. The average Bonchev–Trinajstić information content (AvgIpc) is 3.07. The summed E-state index contributed by atoms with van der Waals surface area (Å²) in [5.41, 5.74) is 1.91. The molecule has 7 heteroatoms. The number of carbonyl (C=O) groups is 1. The second kappa shape index (κ2) is 8.41. The molecule has 4 nitrogen and oxygen atoms in total. The molecule has 0 amide bonds. The van der Waals surface area contributed by atoms with E-state index in [0.29, 0.717) is 10.7 Å². The third-order valence-corrected chi connectivity index (χ3v) is 5.42. The lowest BCUT2D eigenvalue weighted by Crippen LogP contribution is -2.13. The zero-order chi connectivity index (χ0) is 16.8. The number of benzene rings is 2. The van der Waals surface area contributed by atoms with Crippen LogP contribution in [0.1, 0.15) is 15.9 Å². The summed E-state index contributed by atoms with van der Waals surface area (Å²) in [4.78, 5) is 16.5. The van der Waals surface area contributed by atoms with Gasteiger partial charge in [-0.3, -0.25) is 4.79 Å². The molecular weight excluding hydrogens is 406 g/mol. The topological polar surface area (TPSA) is 54.9 Å². The third kappa shape index (κ3) is 4.90. The molecule has 3 rings (SSSR count). The summed E-state index contributed by atoms with van der Waals surface area (Å²) in [5.74, 6) is 0.852. The number of nitrogens with zero attached hydrogens (tertiary/aromatic N) is 2. The van der Waals surface area contributed by atoms with Crippen LogP contribution < -0.4 is 5.32 Å². The van der Waals surface area contributed by atoms with Gasteiger partial charge in [0.15, 0.2) is 5.78 Å². The molecular formula is C17H14BrN3OS2. The monoisotopic (exact) mass is 419 g/mol. The van der Waals surface area contributed by atoms with Gasteiger partial charge >= 0.3 is 0 Å². The molecule has 0 unspecified atom stereocenters. The maximum atomic E-state index is 12.1. The highest BCUT2D eigenvalue weighted by Crippen LogP contribution is 2.23. The van der Waals surface area contributed by atoms with Crippen LogP contribution in [0.15, 0.2) is 64.2 Å². The number of hydrogen-bond acceptors (Lipinski definition) is 6. The van der Waals surface area contributed by atoms with Gasteiger partial charge in [-0.25, -0.2) is 0 Å². The number of Topliss-reactive ketones (excluding diaryl/α,β-unsaturated/α-hetero) is 1. The van der Waals surface area contributed by atoms with Crippen LogP contribution >= 0.6 is 39.2 Å². The quantitative estimate of drug-likeness (QED) is 0.436. The van der Waals surface area contributed by atoms with Crippen molar-refractivity contribution in [3.8, 4) is 0 Å². The van der Waals surface area contributed by atoms with Gasteiger partial charge in [0.2, 0.25) is 10.3 Å². The standard InChI is InChI=1S/C17H14BrN3OS2/c18-14-8-6-13(7-9-14)15(22)10-19-16-20-17(21-24-16)23-11-12-4-2-1-3-5-12/h1-9H,10-11H2,(H,19,20,21). The van der Waals surface area contributed by atoms with Crippen LogP contribution in [0, 0.1) is 0 Å². The fraction of sp³-hybridized carbons (Fsp3) is 0.118. The minimum Gasteiger partial charge on any atom is -0.353 e. The van der Waals surface area contributed by atoms with Crippen LogP contribution in [0.5, 0.6) is 0 Å². The number of hydrogen-bond donors (Lipinski definition) is 1. The summed E-state index contributed by atoms with van der Waals surface area (Å²) < 4.78 is 5.26. The van der Waals surface area contributed by atoms with E-state index in [-0.39, 0.29) is 12.3 Å². The molecule has 1 N–H and O–H groups in total. The number of thioether (sulfide) groups is 1. The molecule has 122 valence electrons. The number of rotatable bonds is 7. The summed E-state index contributed by atoms with van der Waals surface area (Å²) in [7, 11) is 0. The molecule has 3 aromatic rings. The van der Waals surface area contributed by atoms with Gasteiger partial charge in [0.25, 0.3) is 0 Å². The number of anilines is 1. The van der Waals surface area contributed by atoms with Crippen molar-refractivity contribution < 1.29 is 4.79 Å². The largest absolute Gasteiger partial charge is 0.353 e. The van der Waals surface area contributed by atoms with Gasteiger partial charge in [-0.05, 0) is 17.7 Å². The van der Waals surface area contributed by atoms with E-state index >= 15 is 0 Å². The maximum Gasteiger partial charge on any atom is 0.203 e. The van der Waals surface area contributed by atoms with Crippen molar-refractivity contribution in [2.75, 3.05) is 11.9 Å². The third-order valence-electron chi connectivity index (χ3n) is 3.18. The average molecular weight is 420 g/mol. The lowest BCUT2D eigenvalue weighted by atomic mass is 10.1. The lowest BCUT2D eigenvalue weighted by molar-refractivity contribution is 0.101. The Labute approximate surface area is 157 Å². The molecule has 0 radical (unpaired) electrons. The minimum atomic E-state index is 0.0242. The number of aromatic nitrogens is 2. The van der Waals surface area contributed by atoms with Gasteiger partial charge in [0.1, 0.15) is 0 Å². The van der Waals surface area contributed by atoms with E-state index < -0.39 is 0 Å². The number of carbonyl (C=O) groups excluding carboxylic acids is 1. The predicted octanol–water partition coefficient (Wildman–Crippen LogP) is 4.89. The van der Waals surface area contributed by atoms with Crippen molar-refractivity contribution in [2.24, 2.45) is 0 Å². The first kappa shape index (κ1) is 17.1. The summed E-state index contributed by atoms with van der Waals surface area (Å²) in [5, 5.41) is 4.43. The summed E-state index contributed by atoms with van der Waals surface area (Å²) in [6.07, 6.45) is 0. The van der Waals surface area contributed by atoms with Crippen molar-refractivity contribution in [1.82, 2.24) is 9.36 Å². The lowest BCUT2D eigenvalue weighted by Gasteiger charge is -2.02. The molecule has 24 heavy (non-hydrogen) atoms. The SMILES string of the molecule is O=C(CNc1nc(SCc2ccccc2)ns1)c1ccc(Br)cc1. The molecule has 0 fully saturated rings. The molecule has 0 saturated heterocycles. The van der Waals surface area contributed by atoms with E-state index in [4.69, 9.17) is 0 Å². The molecule has 2 aromatic carbocycles. The Morgan fingerprint density at radius 2 is 1.88 bits per heavy atom. The van der Waals surface area contributed by atoms with Crippen LogP contribution in [-0.2, 0) is 5.75 Å². The van der Waals surface area contributed by atoms with E-state index in [0.717, 1.165) is 15.4 Å². The van der Waals surface area contributed by atoms with E-state index in [1.54, 1.807) is 23.9 Å². The normalized spacial score (nSPS) is 10.5. The van der Waals surface area contributed by atoms with Gasteiger partial charge in [-0.2, -0.15) is 9.36 Å². The molecule has 1 aromatic heterocycles. The summed E-state index contributed by atoms with van der Waals surface area (Å²) >= 11 is 6.21.